The third kappa shape index (κ3) is 4.14. The summed E-state index contributed by atoms with van der Waals surface area (Å²) in [7, 11) is 1.64. The number of carbonyl (C=O) groups excluding carboxylic acids is 1. The summed E-state index contributed by atoms with van der Waals surface area (Å²) < 4.78 is 12.8. The number of rotatable bonds is 6. The first-order valence-electron chi connectivity index (χ1n) is 8.22. The number of imidazole rings is 1. The number of piperidine rings is 1. The molecule has 2 aromatic rings. The molecule has 1 amide bonds. The standard InChI is InChI=1S/C18H23N3O3/c1-23-17-6-4-15(5-7-17)12-24-13-18(22)20-9-2-3-16(11-20)21-10-8-19-14-21/h4-8,10,14,16H,2-3,9,11-13H2,1H3/t16-/m1/s1. The highest BCUT2D eigenvalue weighted by molar-refractivity contribution is 5.77. The molecule has 0 saturated carbocycles. The van der Waals surface area contributed by atoms with Crippen LogP contribution in [0.5, 0.6) is 5.75 Å². The van der Waals surface area contributed by atoms with Crippen LogP contribution in [0.4, 0.5) is 0 Å². The SMILES string of the molecule is COc1ccc(COCC(=O)N2CCC[C@@H](n3ccnc3)C2)cc1. The van der Waals surface area contributed by atoms with Crippen LogP contribution in [0.15, 0.2) is 43.0 Å². The Balaban J connectivity index is 1.45. The smallest absolute Gasteiger partial charge is 0.248 e. The molecule has 3 rings (SSSR count). The van der Waals surface area contributed by atoms with Gasteiger partial charge in [-0.1, -0.05) is 12.1 Å². The van der Waals surface area contributed by atoms with E-state index in [1.165, 1.54) is 0 Å². The normalized spacial score (nSPS) is 17.7. The van der Waals surface area contributed by atoms with Gasteiger partial charge in [-0.05, 0) is 30.5 Å². The first kappa shape index (κ1) is 16.5. The van der Waals surface area contributed by atoms with Gasteiger partial charge in [-0.2, -0.15) is 0 Å². The number of hydrogen-bond donors (Lipinski definition) is 0. The van der Waals surface area contributed by atoms with Crippen molar-refractivity contribution < 1.29 is 14.3 Å². The Bertz CT molecular complexity index is 640. The van der Waals surface area contributed by atoms with E-state index in [1.807, 2.05) is 41.7 Å². The Morgan fingerprint density at radius 3 is 2.88 bits per heavy atom. The van der Waals surface area contributed by atoms with Crippen molar-refractivity contribution in [2.45, 2.75) is 25.5 Å². The summed E-state index contributed by atoms with van der Waals surface area (Å²) in [5, 5.41) is 0. The van der Waals surface area contributed by atoms with Crippen LogP contribution in [-0.2, 0) is 16.1 Å². The van der Waals surface area contributed by atoms with Gasteiger partial charge in [-0.3, -0.25) is 4.79 Å². The van der Waals surface area contributed by atoms with Gasteiger partial charge < -0.3 is 18.9 Å². The van der Waals surface area contributed by atoms with E-state index in [0.717, 1.165) is 37.2 Å². The molecule has 128 valence electrons. The van der Waals surface area contributed by atoms with Crippen molar-refractivity contribution in [3.63, 3.8) is 0 Å². The van der Waals surface area contributed by atoms with Gasteiger partial charge in [-0.15, -0.1) is 0 Å². The summed E-state index contributed by atoms with van der Waals surface area (Å²) in [4.78, 5) is 18.3. The lowest BCUT2D eigenvalue weighted by atomic mass is 10.1. The van der Waals surface area contributed by atoms with Crippen molar-refractivity contribution >= 4 is 5.91 Å². The average molecular weight is 329 g/mol. The van der Waals surface area contributed by atoms with Gasteiger partial charge in [0.05, 0.1) is 26.1 Å². The first-order chi connectivity index (χ1) is 11.8. The zero-order valence-corrected chi connectivity index (χ0v) is 13.9. The molecule has 6 nitrogen and oxygen atoms in total. The third-order valence-electron chi connectivity index (χ3n) is 4.35. The number of benzene rings is 1. The number of carbonyl (C=O) groups is 1. The van der Waals surface area contributed by atoms with Gasteiger partial charge in [0.15, 0.2) is 0 Å². The minimum absolute atomic E-state index is 0.0494. The predicted octanol–water partition coefficient (Wildman–Crippen LogP) is 2.27. The van der Waals surface area contributed by atoms with Gasteiger partial charge in [-0.25, -0.2) is 4.98 Å². The minimum atomic E-state index is 0.0494. The number of nitrogens with zero attached hydrogens (tertiary/aromatic N) is 3. The lowest BCUT2D eigenvalue weighted by Gasteiger charge is -2.33. The fourth-order valence-electron chi connectivity index (χ4n) is 2.98. The quantitative estimate of drug-likeness (QED) is 0.816. The maximum Gasteiger partial charge on any atom is 0.248 e. The fraction of sp³-hybridized carbons (Fsp3) is 0.444. The molecule has 2 heterocycles. The molecule has 1 aliphatic rings. The third-order valence-corrected chi connectivity index (χ3v) is 4.35. The topological polar surface area (TPSA) is 56.6 Å². The largest absolute Gasteiger partial charge is 0.497 e. The van der Waals surface area contributed by atoms with Crippen LogP contribution in [0.1, 0.15) is 24.4 Å². The van der Waals surface area contributed by atoms with Crippen LogP contribution in [-0.4, -0.2) is 47.2 Å². The van der Waals surface area contributed by atoms with Crippen molar-refractivity contribution in [1.82, 2.24) is 14.5 Å². The van der Waals surface area contributed by atoms with Crippen LogP contribution in [0.25, 0.3) is 0 Å². The fourth-order valence-corrected chi connectivity index (χ4v) is 2.98. The summed E-state index contributed by atoms with van der Waals surface area (Å²) in [6.07, 6.45) is 7.64. The van der Waals surface area contributed by atoms with E-state index < -0.39 is 0 Å². The second-order valence-electron chi connectivity index (χ2n) is 5.99. The summed E-state index contributed by atoms with van der Waals surface area (Å²) in [6.45, 7) is 2.06. The average Bonchev–Trinajstić information content (AvgIpc) is 3.17. The molecule has 1 atom stereocenters. The number of likely N-dealkylation sites (tertiary alicyclic amines) is 1. The number of hydrogen-bond acceptors (Lipinski definition) is 4. The van der Waals surface area contributed by atoms with Gasteiger partial charge in [0, 0.05) is 25.5 Å². The van der Waals surface area contributed by atoms with Gasteiger partial charge in [0.1, 0.15) is 12.4 Å². The van der Waals surface area contributed by atoms with E-state index in [0.29, 0.717) is 12.6 Å². The predicted molar refractivity (Wildman–Crippen MR) is 89.7 cm³/mol. The Kier molecular flexibility index (Phi) is 5.48. The van der Waals surface area contributed by atoms with Crippen LogP contribution >= 0.6 is 0 Å². The second-order valence-corrected chi connectivity index (χ2v) is 5.99. The van der Waals surface area contributed by atoms with Crippen molar-refractivity contribution in [1.29, 1.82) is 0 Å². The van der Waals surface area contributed by atoms with Crippen molar-refractivity contribution in [2.75, 3.05) is 26.8 Å². The molecular weight excluding hydrogens is 306 g/mol. The monoisotopic (exact) mass is 329 g/mol. The summed E-state index contributed by atoms with van der Waals surface area (Å²) in [5.41, 5.74) is 1.03. The van der Waals surface area contributed by atoms with Gasteiger partial charge in [0.25, 0.3) is 0 Å². The molecule has 0 aliphatic carbocycles. The van der Waals surface area contributed by atoms with Crippen LogP contribution in [0.2, 0.25) is 0 Å². The second kappa shape index (κ2) is 7.97. The first-order valence-corrected chi connectivity index (χ1v) is 8.22. The highest BCUT2D eigenvalue weighted by atomic mass is 16.5. The zero-order valence-electron chi connectivity index (χ0n) is 13.9. The van der Waals surface area contributed by atoms with E-state index >= 15 is 0 Å². The van der Waals surface area contributed by atoms with Crippen LogP contribution in [0.3, 0.4) is 0 Å². The summed E-state index contributed by atoms with van der Waals surface area (Å²) in [6, 6.07) is 7.98. The van der Waals surface area contributed by atoms with Gasteiger partial charge in [0.2, 0.25) is 5.91 Å². The van der Waals surface area contributed by atoms with Crippen molar-refractivity contribution in [3.05, 3.63) is 48.5 Å². The highest BCUT2D eigenvalue weighted by Crippen LogP contribution is 2.21. The Morgan fingerprint density at radius 2 is 2.17 bits per heavy atom. The molecule has 6 heteroatoms. The van der Waals surface area contributed by atoms with Gasteiger partial charge >= 0.3 is 0 Å². The van der Waals surface area contributed by atoms with E-state index in [2.05, 4.69) is 9.55 Å². The van der Waals surface area contributed by atoms with E-state index in [1.54, 1.807) is 13.3 Å². The lowest BCUT2D eigenvalue weighted by Crippen LogP contribution is -2.42. The van der Waals surface area contributed by atoms with Crippen LogP contribution < -0.4 is 4.74 Å². The molecule has 1 aromatic carbocycles. The molecule has 1 aromatic heterocycles. The Morgan fingerprint density at radius 1 is 1.33 bits per heavy atom. The zero-order chi connectivity index (χ0) is 16.8. The van der Waals surface area contributed by atoms with Crippen LogP contribution in [0, 0.1) is 0 Å². The maximum atomic E-state index is 12.4. The maximum absolute atomic E-state index is 12.4. The molecule has 0 N–H and O–H groups in total. The summed E-state index contributed by atoms with van der Waals surface area (Å²) in [5.74, 6) is 0.863. The molecule has 1 aliphatic heterocycles. The molecule has 0 radical (unpaired) electrons. The number of ether oxygens (including phenoxy) is 2. The number of amides is 1. The molecule has 0 bridgehead atoms. The molecule has 0 unspecified atom stereocenters. The molecule has 1 saturated heterocycles. The molecule has 1 fully saturated rings. The Labute approximate surface area is 142 Å². The molecule has 24 heavy (non-hydrogen) atoms. The summed E-state index contributed by atoms with van der Waals surface area (Å²) >= 11 is 0. The molecule has 0 spiro atoms. The van der Waals surface area contributed by atoms with Crippen molar-refractivity contribution in [2.24, 2.45) is 0 Å². The highest BCUT2D eigenvalue weighted by Gasteiger charge is 2.24. The number of methoxy groups -OCH3 is 1. The molecular formula is C18H23N3O3. The lowest BCUT2D eigenvalue weighted by molar-refractivity contribution is -0.138. The van der Waals surface area contributed by atoms with Crippen molar-refractivity contribution in [3.8, 4) is 5.75 Å². The van der Waals surface area contributed by atoms with E-state index in [-0.39, 0.29) is 12.5 Å². The Hall–Kier alpha value is -2.34. The van der Waals surface area contributed by atoms with E-state index in [9.17, 15) is 4.79 Å². The number of aromatic nitrogens is 2. The van der Waals surface area contributed by atoms with E-state index in [4.69, 9.17) is 9.47 Å². The minimum Gasteiger partial charge on any atom is -0.497 e.